The van der Waals surface area contributed by atoms with Crippen molar-refractivity contribution >= 4 is 28.6 Å². The van der Waals surface area contributed by atoms with Gasteiger partial charge in [0.2, 0.25) is 5.91 Å². The number of amides is 1. The number of hydrogen-bond donors (Lipinski definition) is 1. The standard InChI is InChI=1S/C23H25N3O2S/c1-16(21(27)24-18-11-5-6-12-18)29-23-25-20-14-8-7-13-19(20)22(28)26(23)15-17-9-3-2-4-10-17/h2-4,7-10,13-14,16,18H,5-6,11-12,15H2,1H3,(H,24,27)/t16-/m1/s1. The van der Waals surface area contributed by atoms with Gasteiger partial charge in [0.15, 0.2) is 5.16 Å². The molecule has 1 aromatic heterocycles. The molecule has 1 fully saturated rings. The summed E-state index contributed by atoms with van der Waals surface area (Å²) in [5.74, 6) is 0.00979. The molecule has 0 saturated heterocycles. The predicted molar refractivity (Wildman–Crippen MR) is 117 cm³/mol. The van der Waals surface area contributed by atoms with Gasteiger partial charge in [-0.2, -0.15) is 0 Å². The first-order valence-electron chi connectivity index (χ1n) is 10.1. The second-order valence-electron chi connectivity index (χ2n) is 7.54. The average Bonchev–Trinajstić information content (AvgIpc) is 3.24. The van der Waals surface area contributed by atoms with Gasteiger partial charge in [0, 0.05) is 6.04 Å². The number of para-hydroxylation sites is 1. The molecule has 1 aliphatic carbocycles. The SMILES string of the molecule is C[C@@H](Sc1nc2ccccc2c(=O)n1Cc1ccccc1)C(=O)NC1CCCC1. The van der Waals surface area contributed by atoms with Gasteiger partial charge < -0.3 is 5.32 Å². The van der Waals surface area contributed by atoms with Gasteiger partial charge in [-0.3, -0.25) is 14.2 Å². The van der Waals surface area contributed by atoms with Crippen molar-refractivity contribution in [3.8, 4) is 0 Å². The van der Waals surface area contributed by atoms with E-state index >= 15 is 0 Å². The summed E-state index contributed by atoms with van der Waals surface area (Å²) >= 11 is 1.35. The largest absolute Gasteiger partial charge is 0.352 e. The van der Waals surface area contributed by atoms with Gasteiger partial charge in [-0.05, 0) is 37.5 Å². The lowest BCUT2D eigenvalue weighted by Gasteiger charge is -2.18. The Balaban J connectivity index is 1.65. The molecule has 150 valence electrons. The minimum atomic E-state index is -0.328. The molecule has 1 aliphatic rings. The third kappa shape index (κ3) is 4.53. The molecule has 0 radical (unpaired) electrons. The van der Waals surface area contributed by atoms with Crippen LogP contribution in [0.4, 0.5) is 0 Å². The molecule has 0 bridgehead atoms. The van der Waals surface area contributed by atoms with E-state index in [0.29, 0.717) is 22.6 Å². The molecule has 1 amide bonds. The number of carbonyl (C=O) groups excluding carboxylic acids is 1. The van der Waals surface area contributed by atoms with E-state index in [9.17, 15) is 9.59 Å². The van der Waals surface area contributed by atoms with Gasteiger partial charge in [-0.15, -0.1) is 0 Å². The maximum atomic E-state index is 13.2. The van der Waals surface area contributed by atoms with Crippen LogP contribution in [0, 0.1) is 0 Å². The zero-order valence-electron chi connectivity index (χ0n) is 16.5. The average molecular weight is 408 g/mol. The maximum absolute atomic E-state index is 13.2. The van der Waals surface area contributed by atoms with Gasteiger partial charge in [-0.1, -0.05) is 67.1 Å². The van der Waals surface area contributed by atoms with Crippen molar-refractivity contribution in [1.82, 2.24) is 14.9 Å². The Bertz CT molecular complexity index is 1060. The fourth-order valence-electron chi connectivity index (χ4n) is 3.74. The van der Waals surface area contributed by atoms with Gasteiger partial charge in [0.05, 0.1) is 22.7 Å². The molecule has 3 aromatic rings. The maximum Gasteiger partial charge on any atom is 0.262 e. The highest BCUT2D eigenvalue weighted by molar-refractivity contribution is 8.00. The molecule has 0 unspecified atom stereocenters. The molecule has 6 heteroatoms. The monoisotopic (exact) mass is 407 g/mol. The lowest BCUT2D eigenvalue weighted by atomic mass is 10.2. The Morgan fingerprint density at radius 2 is 1.83 bits per heavy atom. The Kier molecular flexibility index (Phi) is 6.00. The van der Waals surface area contributed by atoms with Crippen molar-refractivity contribution in [3.63, 3.8) is 0 Å². The van der Waals surface area contributed by atoms with Crippen LogP contribution < -0.4 is 10.9 Å². The van der Waals surface area contributed by atoms with E-state index in [0.717, 1.165) is 18.4 Å². The van der Waals surface area contributed by atoms with E-state index in [2.05, 4.69) is 5.32 Å². The summed E-state index contributed by atoms with van der Waals surface area (Å²) < 4.78 is 1.68. The first-order valence-corrected chi connectivity index (χ1v) is 11.0. The van der Waals surface area contributed by atoms with Crippen molar-refractivity contribution in [2.45, 2.75) is 55.6 Å². The molecular formula is C23H25N3O2S. The van der Waals surface area contributed by atoms with Crippen LogP contribution in [0.15, 0.2) is 64.5 Å². The number of nitrogens with zero attached hydrogens (tertiary/aromatic N) is 2. The van der Waals surface area contributed by atoms with Crippen LogP contribution >= 0.6 is 11.8 Å². The third-order valence-electron chi connectivity index (χ3n) is 5.36. The number of carbonyl (C=O) groups is 1. The van der Waals surface area contributed by atoms with Gasteiger partial charge >= 0.3 is 0 Å². The Labute approximate surface area is 174 Å². The quantitative estimate of drug-likeness (QED) is 0.496. The van der Waals surface area contributed by atoms with Crippen molar-refractivity contribution < 1.29 is 4.79 Å². The van der Waals surface area contributed by atoms with Crippen LogP contribution in [0.2, 0.25) is 0 Å². The number of fused-ring (bicyclic) bond motifs is 1. The highest BCUT2D eigenvalue weighted by Crippen LogP contribution is 2.25. The fraction of sp³-hybridized carbons (Fsp3) is 0.348. The highest BCUT2D eigenvalue weighted by atomic mass is 32.2. The Morgan fingerprint density at radius 3 is 2.59 bits per heavy atom. The molecule has 4 rings (SSSR count). The minimum absolute atomic E-state index is 0.00979. The van der Waals surface area contributed by atoms with E-state index in [4.69, 9.17) is 4.98 Å². The molecule has 2 aromatic carbocycles. The molecule has 1 heterocycles. The molecule has 0 spiro atoms. The van der Waals surface area contributed by atoms with E-state index in [1.54, 1.807) is 10.6 Å². The molecule has 1 atom stereocenters. The molecule has 5 nitrogen and oxygen atoms in total. The molecular weight excluding hydrogens is 382 g/mol. The molecule has 29 heavy (non-hydrogen) atoms. The fourth-order valence-corrected chi connectivity index (χ4v) is 4.66. The molecule has 1 N–H and O–H groups in total. The van der Waals surface area contributed by atoms with Crippen LogP contribution in [-0.4, -0.2) is 26.8 Å². The second-order valence-corrected chi connectivity index (χ2v) is 8.85. The Morgan fingerprint density at radius 1 is 1.14 bits per heavy atom. The normalized spacial score (nSPS) is 15.5. The van der Waals surface area contributed by atoms with Crippen LogP contribution in [0.3, 0.4) is 0 Å². The van der Waals surface area contributed by atoms with Crippen LogP contribution in [0.1, 0.15) is 38.2 Å². The summed E-state index contributed by atoms with van der Waals surface area (Å²) in [5.41, 5.74) is 1.61. The second kappa shape index (κ2) is 8.82. The van der Waals surface area contributed by atoms with E-state index in [1.807, 2.05) is 55.5 Å². The number of nitrogens with one attached hydrogen (secondary N) is 1. The zero-order valence-corrected chi connectivity index (χ0v) is 17.3. The van der Waals surface area contributed by atoms with Crippen molar-refractivity contribution in [3.05, 3.63) is 70.5 Å². The topological polar surface area (TPSA) is 64.0 Å². The first kappa shape index (κ1) is 19.7. The van der Waals surface area contributed by atoms with E-state index in [1.165, 1.54) is 24.6 Å². The van der Waals surface area contributed by atoms with Crippen molar-refractivity contribution in [2.24, 2.45) is 0 Å². The highest BCUT2D eigenvalue weighted by Gasteiger charge is 2.23. The number of rotatable bonds is 6. The van der Waals surface area contributed by atoms with E-state index < -0.39 is 0 Å². The van der Waals surface area contributed by atoms with Gasteiger partial charge in [0.25, 0.3) is 5.56 Å². The number of thioether (sulfide) groups is 1. The lowest BCUT2D eigenvalue weighted by molar-refractivity contribution is -0.120. The molecule has 0 aliphatic heterocycles. The van der Waals surface area contributed by atoms with Gasteiger partial charge in [0.1, 0.15) is 0 Å². The van der Waals surface area contributed by atoms with Crippen LogP contribution in [-0.2, 0) is 11.3 Å². The van der Waals surface area contributed by atoms with Crippen LogP contribution in [0.5, 0.6) is 0 Å². The van der Waals surface area contributed by atoms with E-state index in [-0.39, 0.29) is 22.8 Å². The zero-order chi connectivity index (χ0) is 20.2. The predicted octanol–water partition coefficient (Wildman–Crippen LogP) is 3.98. The van der Waals surface area contributed by atoms with Crippen LogP contribution in [0.25, 0.3) is 10.9 Å². The number of benzene rings is 2. The summed E-state index contributed by atoms with van der Waals surface area (Å²) in [6.07, 6.45) is 4.46. The van der Waals surface area contributed by atoms with Crippen molar-refractivity contribution in [2.75, 3.05) is 0 Å². The smallest absolute Gasteiger partial charge is 0.262 e. The lowest BCUT2D eigenvalue weighted by Crippen LogP contribution is -2.38. The summed E-state index contributed by atoms with van der Waals surface area (Å²) in [6, 6.07) is 17.5. The summed E-state index contributed by atoms with van der Waals surface area (Å²) in [4.78, 5) is 30.6. The first-order chi connectivity index (χ1) is 14.1. The number of hydrogen-bond acceptors (Lipinski definition) is 4. The number of aromatic nitrogens is 2. The summed E-state index contributed by atoms with van der Waals surface area (Å²) in [6.45, 7) is 2.31. The Hall–Kier alpha value is -2.60. The minimum Gasteiger partial charge on any atom is -0.352 e. The summed E-state index contributed by atoms with van der Waals surface area (Å²) in [7, 11) is 0. The summed E-state index contributed by atoms with van der Waals surface area (Å²) in [5, 5.41) is 3.99. The van der Waals surface area contributed by atoms with Gasteiger partial charge in [-0.25, -0.2) is 4.98 Å². The van der Waals surface area contributed by atoms with Crippen molar-refractivity contribution in [1.29, 1.82) is 0 Å². The molecule has 1 saturated carbocycles. The third-order valence-corrected chi connectivity index (χ3v) is 6.45.